The number of ether oxygens (including phenoxy) is 1. The van der Waals surface area contributed by atoms with Gasteiger partial charge in [0.05, 0.1) is 12.6 Å². The van der Waals surface area contributed by atoms with Gasteiger partial charge in [0.25, 0.3) is 0 Å². The highest BCUT2D eigenvalue weighted by molar-refractivity contribution is 5.72. The van der Waals surface area contributed by atoms with E-state index in [0.717, 1.165) is 12.8 Å². The first-order chi connectivity index (χ1) is 8.65. The molecule has 1 aliphatic carbocycles. The van der Waals surface area contributed by atoms with Crippen LogP contribution in [0.5, 0.6) is 0 Å². The van der Waals surface area contributed by atoms with Crippen LogP contribution in [-0.2, 0) is 16.1 Å². The highest BCUT2D eigenvalue weighted by atomic mass is 16.5. The number of hydrogen-bond acceptors (Lipinski definition) is 3. The molecule has 0 spiro atoms. The molecule has 2 heterocycles. The molecule has 6 heteroatoms. The number of carbonyl (C=O) groups is 1. The fraction of sp³-hybridized carbons (Fsp3) is 0.667. The lowest BCUT2D eigenvalue weighted by molar-refractivity contribution is -0.149. The average Bonchev–Trinajstić information content (AvgIpc) is 2.95. The van der Waals surface area contributed by atoms with Crippen LogP contribution in [0.4, 0.5) is 0 Å². The second-order valence-electron chi connectivity index (χ2n) is 5.03. The molecule has 0 aromatic carbocycles. The summed E-state index contributed by atoms with van der Waals surface area (Å²) in [7, 11) is 0. The molecular formula is C12H16N2O4. The van der Waals surface area contributed by atoms with Crippen LogP contribution in [0, 0.1) is 0 Å². The van der Waals surface area contributed by atoms with Crippen molar-refractivity contribution in [3.63, 3.8) is 0 Å². The van der Waals surface area contributed by atoms with Crippen LogP contribution in [0.1, 0.15) is 31.7 Å². The number of carboxylic acids is 1. The predicted molar refractivity (Wildman–Crippen MR) is 62.5 cm³/mol. The van der Waals surface area contributed by atoms with Gasteiger partial charge in [-0.1, -0.05) is 0 Å². The van der Waals surface area contributed by atoms with E-state index >= 15 is 0 Å². The molecular weight excluding hydrogens is 236 g/mol. The quantitative estimate of drug-likeness (QED) is 0.852. The van der Waals surface area contributed by atoms with Crippen molar-refractivity contribution in [2.45, 2.75) is 50.5 Å². The Labute approximate surface area is 104 Å². The first-order valence-corrected chi connectivity index (χ1v) is 6.30. The van der Waals surface area contributed by atoms with Crippen molar-refractivity contribution in [3.8, 4) is 0 Å². The molecule has 98 valence electrons. The molecule has 1 saturated heterocycles. The van der Waals surface area contributed by atoms with Gasteiger partial charge in [0.2, 0.25) is 0 Å². The minimum Gasteiger partial charge on any atom is -0.479 e. The summed E-state index contributed by atoms with van der Waals surface area (Å²) in [6, 6.07) is 0.370. The number of aromatic nitrogens is 2. The maximum absolute atomic E-state index is 12.0. The van der Waals surface area contributed by atoms with E-state index in [0.29, 0.717) is 25.4 Å². The normalized spacial score (nSPS) is 27.6. The molecule has 1 N–H and O–H groups in total. The maximum Gasteiger partial charge on any atom is 0.332 e. The summed E-state index contributed by atoms with van der Waals surface area (Å²) in [5.74, 6) is -0.916. The molecule has 1 aromatic heterocycles. The van der Waals surface area contributed by atoms with Crippen LogP contribution in [0.3, 0.4) is 0 Å². The maximum atomic E-state index is 12.0. The molecule has 1 saturated carbocycles. The minimum atomic E-state index is -0.916. The van der Waals surface area contributed by atoms with E-state index in [1.165, 1.54) is 0 Å². The van der Waals surface area contributed by atoms with Crippen molar-refractivity contribution < 1.29 is 14.6 Å². The van der Waals surface area contributed by atoms with Crippen LogP contribution in [-0.4, -0.2) is 32.4 Å². The molecule has 6 nitrogen and oxygen atoms in total. The summed E-state index contributed by atoms with van der Waals surface area (Å²) >= 11 is 0. The van der Waals surface area contributed by atoms with Crippen LogP contribution >= 0.6 is 0 Å². The largest absolute Gasteiger partial charge is 0.479 e. The molecule has 2 fully saturated rings. The Bertz CT molecular complexity index is 514. The Morgan fingerprint density at radius 3 is 2.72 bits per heavy atom. The molecule has 2 aliphatic rings. The van der Waals surface area contributed by atoms with Gasteiger partial charge in [0.15, 0.2) is 6.10 Å². The number of hydrogen-bond donors (Lipinski definition) is 1. The average molecular weight is 252 g/mol. The summed E-state index contributed by atoms with van der Waals surface area (Å²) in [5.41, 5.74) is -0.0140. The minimum absolute atomic E-state index is 0.0140. The first-order valence-electron chi connectivity index (χ1n) is 6.30. The first kappa shape index (κ1) is 11.5. The Hall–Kier alpha value is -1.56. The van der Waals surface area contributed by atoms with Gasteiger partial charge in [-0.05, 0) is 25.7 Å². The van der Waals surface area contributed by atoms with Crippen molar-refractivity contribution in [3.05, 3.63) is 22.9 Å². The van der Waals surface area contributed by atoms with E-state index in [4.69, 9.17) is 9.84 Å². The summed E-state index contributed by atoms with van der Waals surface area (Å²) in [5, 5.41) is 8.84. The van der Waals surface area contributed by atoms with E-state index in [-0.39, 0.29) is 11.8 Å². The second kappa shape index (κ2) is 4.28. The molecule has 1 aliphatic heterocycles. The van der Waals surface area contributed by atoms with Crippen LogP contribution in [0.2, 0.25) is 0 Å². The number of nitrogens with zero attached hydrogens (tertiary/aromatic N) is 2. The van der Waals surface area contributed by atoms with Gasteiger partial charge in [-0.2, -0.15) is 0 Å². The van der Waals surface area contributed by atoms with Crippen molar-refractivity contribution in [2.75, 3.05) is 0 Å². The third-order valence-corrected chi connectivity index (χ3v) is 3.60. The monoisotopic (exact) mass is 252 g/mol. The molecule has 2 atom stereocenters. The topological polar surface area (TPSA) is 73.5 Å². The molecule has 0 bridgehead atoms. The lowest BCUT2D eigenvalue weighted by atomic mass is 10.2. The summed E-state index contributed by atoms with van der Waals surface area (Å²) in [4.78, 5) is 22.8. The van der Waals surface area contributed by atoms with Gasteiger partial charge >= 0.3 is 11.7 Å². The predicted octanol–water partition coefficient (Wildman–Crippen LogP) is 0.617. The highest BCUT2D eigenvalue weighted by Gasteiger charge is 2.31. The molecule has 18 heavy (non-hydrogen) atoms. The van der Waals surface area contributed by atoms with E-state index < -0.39 is 12.1 Å². The highest BCUT2D eigenvalue weighted by Crippen LogP contribution is 2.33. The Kier molecular flexibility index (Phi) is 2.74. The van der Waals surface area contributed by atoms with Crippen molar-refractivity contribution in [2.24, 2.45) is 0 Å². The van der Waals surface area contributed by atoms with Crippen LogP contribution in [0.15, 0.2) is 17.2 Å². The molecule has 2 unspecified atom stereocenters. The fourth-order valence-electron chi connectivity index (χ4n) is 2.44. The van der Waals surface area contributed by atoms with Crippen molar-refractivity contribution >= 4 is 5.97 Å². The summed E-state index contributed by atoms with van der Waals surface area (Å²) in [6.45, 7) is 0.447. The summed E-state index contributed by atoms with van der Waals surface area (Å²) < 4.78 is 8.77. The zero-order valence-electron chi connectivity index (χ0n) is 9.99. The van der Waals surface area contributed by atoms with E-state index in [1.54, 1.807) is 15.3 Å². The zero-order valence-corrected chi connectivity index (χ0v) is 9.99. The molecule has 0 radical (unpaired) electrons. The third-order valence-electron chi connectivity index (χ3n) is 3.60. The van der Waals surface area contributed by atoms with Gasteiger partial charge in [-0.25, -0.2) is 9.59 Å². The fourth-order valence-corrected chi connectivity index (χ4v) is 2.44. The SMILES string of the molecule is O=C(O)C1CCC(Cn2ccn(C3CC3)c2=O)O1. The molecule has 1 aromatic rings. The van der Waals surface area contributed by atoms with E-state index in [1.807, 2.05) is 6.20 Å². The van der Waals surface area contributed by atoms with Crippen LogP contribution in [0.25, 0.3) is 0 Å². The van der Waals surface area contributed by atoms with Gasteiger partial charge in [0, 0.05) is 18.4 Å². The Balaban J connectivity index is 1.66. The lowest BCUT2D eigenvalue weighted by Gasteiger charge is -2.11. The third kappa shape index (κ3) is 2.08. The van der Waals surface area contributed by atoms with Gasteiger partial charge in [-0.15, -0.1) is 0 Å². The lowest BCUT2D eigenvalue weighted by Crippen LogP contribution is -2.29. The van der Waals surface area contributed by atoms with Gasteiger partial charge in [0.1, 0.15) is 0 Å². The van der Waals surface area contributed by atoms with Crippen LogP contribution < -0.4 is 5.69 Å². The van der Waals surface area contributed by atoms with Gasteiger partial charge < -0.3 is 9.84 Å². The number of rotatable bonds is 4. The summed E-state index contributed by atoms with van der Waals surface area (Å²) in [6.07, 6.45) is 6.06. The Morgan fingerprint density at radius 2 is 2.11 bits per heavy atom. The van der Waals surface area contributed by atoms with Gasteiger partial charge in [-0.3, -0.25) is 9.13 Å². The molecule has 0 amide bonds. The van der Waals surface area contributed by atoms with E-state index in [2.05, 4.69) is 0 Å². The smallest absolute Gasteiger partial charge is 0.332 e. The van der Waals surface area contributed by atoms with Crippen molar-refractivity contribution in [1.29, 1.82) is 0 Å². The number of carboxylic acid groups (broad SMARTS) is 1. The van der Waals surface area contributed by atoms with E-state index in [9.17, 15) is 9.59 Å². The standard InChI is InChI=1S/C12H16N2O4/c15-11(16)10-4-3-9(18-10)7-13-5-6-14(12(13)17)8-1-2-8/h5-6,8-10H,1-4,7H2,(H,15,16). The number of aliphatic carboxylic acids is 1. The second-order valence-corrected chi connectivity index (χ2v) is 5.03. The number of imidazole rings is 1. The molecule has 3 rings (SSSR count). The zero-order chi connectivity index (χ0) is 12.7. The van der Waals surface area contributed by atoms with Crippen molar-refractivity contribution in [1.82, 2.24) is 9.13 Å². The Morgan fingerprint density at radius 1 is 1.33 bits per heavy atom.